The molecule has 0 fully saturated rings. The van der Waals surface area contributed by atoms with Gasteiger partial charge in [-0.15, -0.1) is 0 Å². The molecule has 0 bridgehead atoms. The lowest BCUT2D eigenvalue weighted by molar-refractivity contribution is -0.137. The van der Waals surface area contributed by atoms with Crippen LogP contribution in [0.25, 0.3) is 5.65 Å². The summed E-state index contributed by atoms with van der Waals surface area (Å²) in [4.78, 5) is 27.7. The van der Waals surface area contributed by atoms with Crippen molar-refractivity contribution in [2.45, 2.75) is 13.1 Å². The summed E-state index contributed by atoms with van der Waals surface area (Å²) in [6, 6.07) is 5.40. The van der Waals surface area contributed by atoms with E-state index in [1.807, 2.05) is 0 Å². The van der Waals surface area contributed by atoms with Crippen LogP contribution in [0.15, 0.2) is 36.5 Å². The Balaban J connectivity index is 2.02. The van der Waals surface area contributed by atoms with E-state index in [1.165, 1.54) is 13.0 Å². The largest absolute Gasteiger partial charge is 0.507 e. The van der Waals surface area contributed by atoms with Crippen LogP contribution < -0.4 is 5.32 Å². The van der Waals surface area contributed by atoms with Crippen LogP contribution in [0, 0.1) is 6.92 Å². The van der Waals surface area contributed by atoms with Gasteiger partial charge in [-0.2, -0.15) is 13.2 Å². The average molecular weight is 379 g/mol. The van der Waals surface area contributed by atoms with Crippen molar-refractivity contribution in [2.24, 2.45) is 0 Å². The third kappa shape index (κ3) is 3.41. The van der Waals surface area contributed by atoms with Crippen molar-refractivity contribution in [3.63, 3.8) is 0 Å². The second-order valence-electron chi connectivity index (χ2n) is 5.68. The van der Waals surface area contributed by atoms with Crippen LogP contribution in [0.2, 0.25) is 0 Å². The molecule has 3 aromatic rings. The molecule has 3 N–H and O–H groups in total. The number of halogens is 3. The molecule has 0 saturated carbocycles. The SMILES string of the molecule is Cc1nc2ccc(C(F)(F)F)cn2c1C(=O)Nc1ccc(O)c(C(=O)O)c1. The normalized spacial score (nSPS) is 11.6. The van der Waals surface area contributed by atoms with Gasteiger partial charge in [-0.3, -0.25) is 9.20 Å². The van der Waals surface area contributed by atoms with E-state index in [0.717, 1.165) is 34.9 Å². The number of carbonyl (C=O) groups is 2. The maximum absolute atomic E-state index is 12.9. The Morgan fingerprint density at radius 2 is 1.89 bits per heavy atom. The molecular weight excluding hydrogens is 367 g/mol. The van der Waals surface area contributed by atoms with Gasteiger partial charge in [0.1, 0.15) is 22.7 Å². The van der Waals surface area contributed by atoms with Gasteiger partial charge in [0.2, 0.25) is 0 Å². The fraction of sp³-hybridized carbons (Fsp3) is 0.118. The Morgan fingerprint density at radius 3 is 2.52 bits per heavy atom. The van der Waals surface area contributed by atoms with Gasteiger partial charge in [-0.1, -0.05) is 0 Å². The lowest BCUT2D eigenvalue weighted by Crippen LogP contribution is -2.17. The number of imidazole rings is 1. The van der Waals surface area contributed by atoms with Crippen LogP contribution >= 0.6 is 0 Å². The first-order chi connectivity index (χ1) is 12.6. The molecule has 2 heterocycles. The van der Waals surface area contributed by atoms with Crippen molar-refractivity contribution in [1.82, 2.24) is 9.38 Å². The summed E-state index contributed by atoms with van der Waals surface area (Å²) in [5, 5.41) is 20.9. The van der Waals surface area contributed by atoms with Gasteiger partial charge >= 0.3 is 12.1 Å². The van der Waals surface area contributed by atoms with Crippen molar-refractivity contribution in [3.8, 4) is 5.75 Å². The highest BCUT2D eigenvalue weighted by Crippen LogP contribution is 2.30. The lowest BCUT2D eigenvalue weighted by Gasteiger charge is -2.10. The minimum Gasteiger partial charge on any atom is -0.507 e. The van der Waals surface area contributed by atoms with E-state index < -0.39 is 34.9 Å². The zero-order chi connectivity index (χ0) is 19.9. The maximum atomic E-state index is 12.9. The molecule has 1 aromatic carbocycles. The van der Waals surface area contributed by atoms with Crippen LogP contribution in [0.3, 0.4) is 0 Å². The number of rotatable bonds is 3. The molecule has 10 heteroatoms. The Labute approximate surface area is 149 Å². The van der Waals surface area contributed by atoms with Crippen molar-refractivity contribution in [2.75, 3.05) is 5.32 Å². The number of anilines is 1. The van der Waals surface area contributed by atoms with Gasteiger partial charge in [-0.25, -0.2) is 9.78 Å². The van der Waals surface area contributed by atoms with Crippen LogP contribution in [0.5, 0.6) is 5.75 Å². The molecule has 0 aliphatic heterocycles. The number of pyridine rings is 1. The number of hydrogen-bond acceptors (Lipinski definition) is 4. The van der Waals surface area contributed by atoms with Crippen LogP contribution in [0.4, 0.5) is 18.9 Å². The molecule has 3 rings (SSSR count). The summed E-state index contributed by atoms with van der Waals surface area (Å²) in [5.41, 5.74) is -1.09. The maximum Gasteiger partial charge on any atom is 0.417 e. The quantitative estimate of drug-likeness (QED) is 0.606. The highest BCUT2D eigenvalue weighted by Gasteiger charge is 2.31. The number of phenols is 1. The third-order valence-electron chi connectivity index (χ3n) is 3.82. The number of nitrogens with one attached hydrogen (secondary N) is 1. The second kappa shape index (κ2) is 6.31. The summed E-state index contributed by atoms with van der Waals surface area (Å²) in [7, 11) is 0. The topological polar surface area (TPSA) is 104 Å². The number of aryl methyl sites for hydroxylation is 1. The van der Waals surface area contributed by atoms with Crippen molar-refractivity contribution < 1.29 is 33.0 Å². The monoisotopic (exact) mass is 379 g/mol. The number of hydrogen-bond donors (Lipinski definition) is 3. The minimum absolute atomic E-state index is 0.0523. The first kappa shape index (κ1) is 18.2. The second-order valence-corrected chi connectivity index (χ2v) is 5.68. The molecule has 140 valence electrons. The van der Waals surface area contributed by atoms with Gasteiger partial charge in [0.15, 0.2) is 0 Å². The fourth-order valence-corrected chi connectivity index (χ4v) is 2.58. The zero-order valence-electron chi connectivity index (χ0n) is 13.7. The van der Waals surface area contributed by atoms with Gasteiger partial charge in [-0.05, 0) is 37.3 Å². The standard InChI is InChI=1S/C17H12F3N3O4/c1-8-14(23-7-9(17(18,19)20)2-5-13(23)21-8)15(25)22-10-3-4-12(24)11(6-10)16(26)27/h2-7,24H,1H3,(H,22,25)(H,26,27). The average Bonchev–Trinajstić information content (AvgIpc) is 2.90. The minimum atomic E-state index is -4.59. The zero-order valence-corrected chi connectivity index (χ0v) is 13.7. The van der Waals surface area contributed by atoms with E-state index in [2.05, 4.69) is 10.3 Å². The van der Waals surface area contributed by atoms with E-state index in [0.29, 0.717) is 0 Å². The Morgan fingerprint density at radius 1 is 1.19 bits per heavy atom. The molecule has 0 unspecified atom stereocenters. The van der Waals surface area contributed by atoms with Gasteiger partial charge in [0.25, 0.3) is 5.91 Å². The molecule has 0 spiro atoms. The Hall–Kier alpha value is -3.56. The number of aromatic carboxylic acids is 1. The van der Waals surface area contributed by atoms with Crippen molar-refractivity contribution in [3.05, 3.63) is 59.0 Å². The molecule has 27 heavy (non-hydrogen) atoms. The molecule has 0 aliphatic carbocycles. The van der Waals surface area contributed by atoms with Gasteiger partial charge in [0.05, 0.1) is 11.3 Å². The van der Waals surface area contributed by atoms with E-state index in [9.17, 15) is 27.9 Å². The lowest BCUT2D eigenvalue weighted by atomic mass is 10.1. The number of carboxylic acids is 1. The van der Waals surface area contributed by atoms with E-state index in [4.69, 9.17) is 5.11 Å². The summed E-state index contributed by atoms with van der Waals surface area (Å²) < 4.78 is 39.9. The van der Waals surface area contributed by atoms with Crippen LogP contribution in [0.1, 0.15) is 32.1 Å². The van der Waals surface area contributed by atoms with Gasteiger partial charge < -0.3 is 15.5 Å². The Kier molecular flexibility index (Phi) is 4.26. The van der Waals surface area contributed by atoms with Crippen LogP contribution in [-0.2, 0) is 6.18 Å². The summed E-state index contributed by atoms with van der Waals surface area (Å²) >= 11 is 0. The number of carbonyl (C=O) groups excluding carboxylic acids is 1. The van der Waals surface area contributed by atoms with Crippen molar-refractivity contribution in [1.29, 1.82) is 0 Å². The molecule has 0 atom stereocenters. The molecule has 7 nitrogen and oxygen atoms in total. The predicted molar refractivity (Wildman–Crippen MR) is 88.0 cm³/mol. The van der Waals surface area contributed by atoms with E-state index in [1.54, 1.807) is 0 Å². The fourth-order valence-electron chi connectivity index (χ4n) is 2.58. The number of alkyl halides is 3. The predicted octanol–water partition coefficient (Wildman–Crippen LogP) is 3.32. The number of fused-ring (bicyclic) bond motifs is 1. The van der Waals surface area contributed by atoms with Gasteiger partial charge in [0, 0.05) is 11.9 Å². The number of amides is 1. The molecule has 0 aliphatic rings. The number of aromatic hydroxyl groups is 1. The summed E-state index contributed by atoms with van der Waals surface area (Å²) in [6.45, 7) is 1.47. The summed E-state index contributed by atoms with van der Waals surface area (Å²) in [5.74, 6) is -2.66. The molecular formula is C17H12F3N3O4. The van der Waals surface area contributed by atoms with Crippen molar-refractivity contribution >= 4 is 23.2 Å². The van der Waals surface area contributed by atoms with E-state index >= 15 is 0 Å². The number of nitrogens with zero attached hydrogens (tertiary/aromatic N) is 2. The summed E-state index contributed by atoms with van der Waals surface area (Å²) in [6.07, 6.45) is -3.82. The molecule has 1 amide bonds. The number of benzene rings is 1. The highest BCUT2D eigenvalue weighted by molar-refractivity contribution is 6.05. The molecule has 0 radical (unpaired) electrons. The van der Waals surface area contributed by atoms with Crippen LogP contribution in [-0.4, -0.2) is 31.5 Å². The first-order valence-corrected chi connectivity index (χ1v) is 7.51. The number of aromatic nitrogens is 2. The number of carboxylic acid groups (broad SMARTS) is 1. The smallest absolute Gasteiger partial charge is 0.417 e. The van der Waals surface area contributed by atoms with E-state index in [-0.39, 0.29) is 22.7 Å². The highest BCUT2D eigenvalue weighted by atomic mass is 19.4. The molecule has 2 aromatic heterocycles. The molecule has 0 saturated heterocycles. The third-order valence-corrected chi connectivity index (χ3v) is 3.82. The first-order valence-electron chi connectivity index (χ1n) is 7.51. The Bertz CT molecular complexity index is 1070.